The molecule has 0 unspecified atom stereocenters. The molecule has 0 radical (unpaired) electrons. The molecule has 6 heteroatoms. The SMILES string of the molecule is CC/C=C(/C)C(=O)NCCNS(=O)(=O)c1ccc(C)cc1. The van der Waals surface area contributed by atoms with Crippen molar-refractivity contribution < 1.29 is 13.2 Å². The zero-order valence-electron chi connectivity index (χ0n) is 12.6. The van der Waals surface area contributed by atoms with Gasteiger partial charge in [-0.05, 0) is 32.4 Å². The molecule has 1 amide bonds. The van der Waals surface area contributed by atoms with Gasteiger partial charge >= 0.3 is 0 Å². The second-order valence-corrected chi connectivity index (χ2v) is 6.53. The summed E-state index contributed by atoms with van der Waals surface area (Å²) in [5.41, 5.74) is 1.64. The molecule has 21 heavy (non-hydrogen) atoms. The Morgan fingerprint density at radius 2 is 1.81 bits per heavy atom. The van der Waals surface area contributed by atoms with Gasteiger partial charge in [0.15, 0.2) is 0 Å². The van der Waals surface area contributed by atoms with E-state index in [1.165, 1.54) is 0 Å². The van der Waals surface area contributed by atoms with Crippen molar-refractivity contribution in [3.63, 3.8) is 0 Å². The van der Waals surface area contributed by atoms with E-state index in [-0.39, 0.29) is 23.9 Å². The molecule has 5 nitrogen and oxygen atoms in total. The number of hydrogen-bond donors (Lipinski definition) is 2. The number of carbonyl (C=O) groups is 1. The summed E-state index contributed by atoms with van der Waals surface area (Å²) in [7, 11) is -3.52. The first-order valence-corrected chi connectivity index (χ1v) is 8.36. The van der Waals surface area contributed by atoms with E-state index in [1.807, 2.05) is 19.9 Å². The standard InChI is InChI=1S/C15H22N2O3S/c1-4-5-13(3)15(18)16-10-11-17-21(19,20)14-8-6-12(2)7-9-14/h5-9,17H,4,10-11H2,1-3H3,(H,16,18)/b13-5-. The predicted octanol–water partition coefficient (Wildman–Crippen LogP) is 1.75. The fourth-order valence-electron chi connectivity index (χ4n) is 1.70. The minimum Gasteiger partial charge on any atom is -0.351 e. The molecule has 1 rings (SSSR count). The predicted molar refractivity (Wildman–Crippen MR) is 83.4 cm³/mol. The van der Waals surface area contributed by atoms with Gasteiger partial charge in [-0.3, -0.25) is 4.79 Å². The van der Waals surface area contributed by atoms with E-state index in [2.05, 4.69) is 10.0 Å². The van der Waals surface area contributed by atoms with Crippen LogP contribution in [0.1, 0.15) is 25.8 Å². The van der Waals surface area contributed by atoms with E-state index < -0.39 is 10.0 Å². The molecule has 1 aromatic carbocycles. The van der Waals surface area contributed by atoms with Crippen molar-refractivity contribution in [3.05, 3.63) is 41.5 Å². The highest BCUT2D eigenvalue weighted by Gasteiger charge is 2.12. The van der Waals surface area contributed by atoms with Crippen LogP contribution in [0.15, 0.2) is 40.8 Å². The van der Waals surface area contributed by atoms with Crippen molar-refractivity contribution in [2.75, 3.05) is 13.1 Å². The van der Waals surface area contributed by atoms with Crippen LogP contribution in [0.2, 0.25) is 0 Å². The minimum atomic E-state index is -3.52. The molecular weight excluding hydrogens is 288 g/mol. The van der Waals surface area contributed by atoms with Crippen molar-refractivity contribution >= 4 is 15.9 Å². The molecule has 0 spiro atoms. The van der Waals surface area contributed by atoms with Crippen molar-refractivity contribution in [1.82, 2.24) is 10.0 Å². The van der Waals surface area contributed by atoms with Crippen molar-refractivity contribution in [2.45, 2.75) is 32.1 Å². The summed E-state index contributed by atoms with van der Waals surface area (Å²) in [4.78, 5) is 11.8. The van der Waals surface area contributed by atoms with Crippen molar-refractivity contribution in [2.24, 2.45) is 0 Å². The second kappa shape index (κ2) is 7.95. The lowest BCUT2D eigenvalue weighted by Gasteiger charge is -2.08. The van der Waals surface area contributed by atoms with E-state index in [4.69, 9.17) is 0 Å². The number of benzene rings is 1. The number of aryl methyl sites for hydroxylation is 1. The molecule has 1 aromatic rings. The van der Waals surface area contributed by atoms with Gasteiger partial charge < -0.3 is 5.32 Å². The third-order valence-electron chi connectivity index (χ3n) is 2.90. The lowest BCUT2D eigenvalue weighted by Crippen LogP contribution is -2.35. The van der Waals surface area contributed by atoms with E-state index >= 15 is 0 Å². The van der Waals surface area contributed by atoms with Crippen LogP contribution in [0.25, 0.3) is 0 Å². The fraction of sp³-hybridized carbons (Fsp3) is 0.400. The summed E-state index contributed by atoms with van der Waals surface area (Å²) in [5.74, 6) is -0.175. The summed E-state index contributed by atoms with van der Waals surface area (Å²) >= 11 is 0. The average molecular weight is 310 g/mol. The number of nitrogens with one attached hydrogen (secondary N) is 2. The van der Waals surface area contributed by atoms with Gasteiger partial charge in [0.2, 0.25) is 15.9 Å². The molecule has 0 saturated heterocycles. The number of rotatable bonds is 7. The maximum atomic E-state index is 12.0. The molecule has 0 aromatic heterocycles. The second-order valence-electron chi connectivity index (χ2n) is 4.76. The molecule has 0 atom stereocenters. The van der Waals surface area contributed by atoms with E-state index in [0.29, 0.717) is 5.57 Å². The number of carbonyl (C=O) groups excluding carboxylic acids is 1. The highest BCUT2D eigenvalue weighted by Crippen LogP contribution is 2.09. The van der Waals surface area contributed by atoms with Gasteiger partial charge in [-0.1, -0.05) is 30.7 Å². The van der Waals surface area contributed by atoms with E-state index in [0.717, 1.165) is 12.0 Å². The molecule has 0 fully saturated rings. The Kier molecular flexibility index (Phi) is 6.58. The van der Waals surface area contributed by atoms with Gasteiger partial charge in [0.05, 0.1) is 4.90 Å². The number of amides is 1. The lowest BCUT2D eigenvalue weighted by atomic mass is 10.2. The van der Waals surface area contributed by atoms with E-state index in [9.17, 15) is 13.2 Å². The van der Waals surface area contributed by atoms with Crippen LogP contribution >= 0.6 is 0 Å². The van der Waals surface area contributed by atoms with Gasteiger partial charge in [0, 0.05) is 18.7 Å². The topological polar surface area (TPSA) is 75.3 Å². The zero-order chi connectivity index (χ0) is 15.9. The Balaban J connectivity index is 2.47. The van der Waals surface area contributed by atoms with Crippen molar-refractivity contribution in [3.8, 4) is 0 Å². The molecule has 2 N–H and O–H groups in total. The molecular formula is C15H22N2O3S. The Labute approximate surface area is 126 Å². The van der Waals surface area contributed by atoms with Crippen LogP contribution in [0.4, 0.5) is 0 Å². The monoisotopic (exact) mass is 310 g/mol. The summed E-state index contributed by atoms with van der Waals surface area (Å²) in [5, 5.41) is 2.67. The molecule has 116 valence electrons. The molecule has 0 saturated carbocycles. The van der Waals surface area contributed by atoms with Gasteiger partial charge in [-0.2, -0.15) is 0 Å². The maximum Gasteiger partial charge on any atom is 0.246 e. The van der Waals surface area contributed by atoms with Crippen LogP contribution in [0.5, 0.6) is 0 Å². The molecule has 0 heterocycles. The Bertz CT molecular complexity index is 604. The number of hydrogen-bond acceptors (Lipinski definition) is 3. The van der Waals surface area contributed by atoms with Crippen molar-refractivity contribution in [1.29, 1.82) is 0 Å². The van der Waals surface area contributed by atoms with Gasteiger partial charge in [0.1, 0.15) is 0 Å². The molecule has 0 aliphatic rings. The van der Waals surface area contributed by atoms with Crippen LogP contribution in [0, 0.1) is 6.92 Å². The average Bonchev–Trinajstić information content (AvgIpc) is 2.44. The van der Waals surface area contributed by atoms with Gasteiger partial charge in [-0.25, -0.2) is 13.1 Å². The highest BCUT2D eigenvalue weighted by molar-refractivity contribution is 7.89. The highest BCUT2D eigenvalue weighted by atomic mass is 32.2. The number of allylic oxidation sites excluding steroid dienone is 1. The third kappa shape index (κ3) is 5.69. The molecule has 0 aliphatic heterocycles. The molecule has 0 aliphatic carbocycles. The third-order valence-corrected chi connectivity index (χ3v) is 4.38. The quantitative estimate of drug-likeness (QED) is 0.595. The largest absolute Gasteiger partial charge is 0.351 e. The first kappa shape index (κ1) is 17.4. The normalized spacial score (nSPS) is 12.2. The van der Waals surface area contributed by atoms with Crippen LogP contribution in [-0.2, 0) is 14.8 Å². The Hall–Kier alpha value is -1.66. The van der Waals surface area contributed by atoms with Crippen LogP contribution in [0.3, 0.4) is 0 Å². The number of sulfonamides is 1. The van der Waals surface area contributed by atoms with Crippen LogP contribution in [-0.4, -0.2) is 27.4 Å². The first-order chi connectivity index (χ1) is 9.86. The smallest absolute Gasteiger partial charge is 0.246 e. The summed E-state index contributed by atoms with van der Waals surface area (Å²) in [6, 6.07) is 6.61. The maximum absolute atomic E-state index is 12.0. The Morgan fingerprint density at radius 3 is 2.38 bits per heavy atom. The summed E-state index contributed by atoms with van der Waals surface area (Å²) < 4.78 is 26.4. The summed E-state index contributed by atoms with van der Waals surface area (Å²) in [6.45, 7) is 5.98. The molecule has 0 bridgehead atoms. The minimum absolute atomic E-state index is 0.154. The first-order valence-electron chi connectivity index (χ1n) is 6.88. The lowest BCUT2D eigenvalue weighted by molar-refractivity contribution is -0.117. The van der Waals surface area contributed by atoms with Gasteiger partial charge in [-0.15, -0.1) is 0 Å². The summed E-state index contributed by atoms with van der Waals surface area (Å²) in [6.07, 6.45) is 2.62. The van der Waals surface area contributed by atoms with Crippen LogP contribution < -0.4 is 10.0 Å². The Morgan fingerprint density at radius 1 is 1.19 bits per heavy atom. The zero-order valence-corrected chi connectivity index (χ0v) is 13.5. The van der Waals surface area contributed by atoms with E-state index in [1.54, 1.807) is 31.2 Å². The fourth-order valence-corrected chi connectivity index (χ4v) is 2.73. The van der Waals surface area contributed by atoms with Gasteiger partial charge in [0.25, 0.3) is 0 Å².